The molecule has 0 unspecified atom stereocenters. The Kier molecular flexibility index (Phi) is 9.32. The number of nitrogens with zero attached hydrogens (tertiary/aromatic N) is 1. The molecule has 1 heterocycles. The second-order valence-electron chi connectivity index (χ2n) is 6.12. The van der Waals surface area contributed by atoms with Crippen molar-refractivity contribution in [2.24, 2.45) is 0 Å². The van der Waals surface area contributed by atoms with Crippen LogP contribution in [0.3, 0.4) is 0 Å². The smallest absolute Gasteiger partial charge is 0.252 e. The fourth-order valence-corrected chi connectivity index (χ4v) is 2.70. The van der Waals surface area contributed by atoms with E-state index >= 15 is 0 Å². The zero-order chi connectivity index (χ0) is 15.5. The summed E-state index contributed by atoms with van der Waals surface area (Å²) in [7, 11) is 0. The lowest BCUT2D eigenvalue weighted by molar-refractivity contribution is -0.733. The lowest BCUT2D eigenvalue weighted by Gasteiger charge is -2.07. The zero-order valence-electron chi connectivity index (χ0n) is 14.6. The van der Waals surface area contributed by atoms with E-state index in [-0.39, 0.29) is 0 Å². The van der Waals surface area contributed by atoms with Gasteiger partial charge in [0.15, 0.2) is 12.4 Å². The molecule has 0 fully saturated rings. The van der Waals surface area contributed by atoms with Crippen LogP contribution in [0.1, 0.15) is 75.5 Å². The third kappa shape index (κ3) is 7.08. The maximum absolute atomic E-state index is 5.80. The predicted octanol–water partition coefficient (Wildman–Crippen LogP) is 4.88. The second-order valence-corrected chi connectivity index (χ2v) is 6.12. The summed E-state index contributed by atoms with van der Waals surface area (Å²) in [6.45, 7) is 10.4. The summed E-state index contributed by atoms with van der Waals surface area (Å²) in [5, 5.41) is 0. The van der Waals surface area contributed by atoms with Crippen LogP contribution in [0.25, 0.3) is 0 Å². The maximum atomic E-state index is 5.80. The van der Waals surface area contributed by atoms with Gasteiger partial charge in [-0.1, -0.05) is 52.4 Å². The first-order chi connectivity index (χ1) is 10.2. The third-order valence-electron chi connectivity index (χ3n) is 4.27. The zero-order valence-corrected chi connectivity index (χ0v) is 14.6. The molecule has 0 radical (unpaired) electrons. The topological polar surface area (TPSA) is 13.1 Å². The highest BCUT2D eigenvalue weighted by Crippen LogP contribution is 2.10. The van der Waals surface area contributed by atoms with Crippen LogP contribution in [-0.2, 0) is 17.9 Å². The summed E-state index contributed by atoms with van der Waals surface area (Å²) in [5.74, 6) is 0. The average molecular weight is 292 g/mol. The number of unbranched alkanes of at least 4 members (excludes halogenated alkanes) is 6. The number of pyridine rings is 1. The predicted molar refractivity (Wildman–Crippen MR) is 89.4 cm³/mol. The molecule has 0 bridgehead atoms. The van der Waals surface area contributed by atoms with Crippen LogP contribution < -0.4 is 4.57 Å². The van der Waals surface area contributed by atoms with Crippen LogP contribution in [0.15, 0.2) is 12.4 Å². The molecule has 21 heavy (non-hydrogen) atoms. The highest BCUT2D eigenvalue weighted by atomic mass is 16.5. The summed E-state index contributed by atoms with van der Waals surface area (Å²) in [5.41, 5.74) is 4.20. The highest BCUT2D eigenvalue weighted by molar-refractivity contribution is 5.26. The molecule has 2 nitrogen and oxygen atoms in total. The third-order valence-corrected chi connectivity index (χ3v) is 4.27. The van der Waals surface area contributed by atoms with Gasteiger partial charge >= 0.3 is 0 Å². The molecule has 2 heteroatoms. The molecule has 0 aliphatic carbocycles. The van der Waals surface area contributed by atoms with Gasteiger partial charge in [-0.25, -0.2) is 0 Å². The normalized spacial score (nSPS) is 11.0. The molecular formula is C19H34NO+. The number of aromatic nitrogens is 1. The van der Waals surface area contributed by atoms with E-state index in [9.17, 15) is 0 Å². The number of aryl methyl sites for hydroxylation is 2. The van der Waals surface area contributed by atoms with E-state index in [0.29, 0.717) is 6.73 Å². The fourth-order valence-electron chi connectivity index (χ4n) is 2.70. The van der Waals surface area contributed by atoms with Crippen LogP contribution >= 0.6 is 0 Å². The van der Waals surface area contributed by atoms with Crippen molar-refractivity contribution in [3.63, 3.8) is 0 Å². The van der Waals surface area contributed by atoms with Crippen molar-refractivity contribution >= 4 is 0 Å². The van der Waals surface area contributed by atoms with Crippen molar-refractivity contribution in [2.45, 2.75) is 85.8 Å². The van der Waals surface area contributed by atoms with E-state index in [1.54, 1.807) is 0 Å². The van der Waals surface area contributed by atoms with Crippen molar-refractivity contribution in [1.29, 1.82) is 0 Å². The Hall–Kier alpha value is -0.890. The Morgan fingerprint density at radius 1 is 0.905 bits per heavy atom. The summed E-state index contributed by atoms with van der Waals surface area (Å²) in [6, 6.07) is 0. The van der Waals surface area contributed by atoms with Gasteiger partial charge in [0.25, 0.3) is 6.73 Å². The van der Waals surface area contributed by atoms with E-state index in [2.05, 4.69) is 44.7 Å². The molecular weight excluding hydrogens is 258 g/mol. The number of hydrogen-bond acceptors (Lipinski definition) is 1. The standard InChI is InChI=1S/C19H34NO/c1-5-7-8-9-10-11-12-13-21-16-20-14-17(3)18(4)19(6-2)15-20/h14-15H,5-13,16H2,1-4H3/q+1. The molecule has 1 rings (SSSR count). The molecule has 120 valence electrons. The largest absolute Gasteiger partial charge is 0.323 e. The Labute approximate surface area is 131 Å². The van der Waals surface area contributed by atoms with Crippen LogP contribution in [0, 0.1) is 13.8 Å². The minimum Gasteiger partial charge on any atom is -0.323 e. The van der Waals surface area contributed by atoms with Crippen molar-refractivity contribution in [3.05, 3.63) is 29.1 Å². The first kappa shape index (κ1) is 18.2. The van der Waals surface area contributed by atoms with Crippen LogP contribution in [0.4, 0.5) is 0 Å². The van der Waals surface area contributed by atoms with Gasteiger partial charge in [-0.2, -0.15) is 4.57 Å². The molecule has 1 aromatic heterocycles. The highest BCUT2D eigenvalue weighted by Gasteiger charge is 2.08. The SMILES string of the molecule is CCCCCCCCCOC[n+]1cc(C)c(C)c(CC)c1. The van der Waals surface area contributed by atoms with E-state index in [1.807, 2.05) is 0 Å². The molecule has 0 N–H and O–H groups in total. The molecule has 0 aromatic carbocycles. The summed E-state index contributed by atoms with van der Waals surface area (Å²) < 4.78 is 7.99. The monoisotopic (exact) mass is 292 g/mol. The van der Waals surface area contributed by atoms with Crippen molar-refractivity contribution in [1.82, 2.24) is 0 Å². The van der Waals surface area contributed by atoms with Gasteiger partial charge in [0.1, 0.15) is 0 Å². The van der Waals surface area contributed by atoms with Gasteiger partial charge in [0.05, 0.1) is 6.61 Å². The van der Waals surface area contributed by atoms with Gasteiger partial charge in [0.2, 0.25) is 0 Å². The minimum absolute atomic E-state index is 0.684. The molecule has 0 amide bonds. The Bertz CT molecular complexity index is 401. The Morgan fingerprint density at radius 2 is 1.57 bits per heavy atom. The molecule has 0 saturated carbocycles. The number of ether oxygens (including phenoxy) is 1. The number of hydrogen-bond donors (Lipinski definition) is 0. The van der Waals surface area contributed by atoms with Crippen molar-refractivity contribution in [3.8, 4) is 0 Å². The van der Waals surface area contributed by atoms with Gasteiger partial charge < -0.3 is 4.74 Å². The minimum atomic E-state index is 0.684. The second kappa shape index (κ2) is 10.8. The van der Waals surface area contributed by atoms with E-state index < -0.39 is 0 Å². The average Bonchev–Trinajstić information content (AvgIpc) is 2.48. The van der Waals surface area contributed by atoms with Crippen LogP contribution in [-0.4, -0.2) is 6.61 Å². The first-order valence-electron chi connectivity index (χ1n) is 8.76. The van der Waals surface area contributed by atoms with Crippen molar-refractivity contribution < 1.29 is 9.30 Å². The molecule has 0 aliphatic heterocycles. The maximum Gasteiger partial charge on any atom is 0.252 e. The van der Waals surface area contributed by atoms with E-state index in [4.69, 9.17) is 4.74 Å². The Morgan fingerprint density at radius 3 is 2.24 bits per heavy atom. The molecule has 0 spiro atoms. The summed E-state index contributed by atoms with van der Waals surface area (Å²) in [6.07, 6.45) is 14.9. The first-order valence-corrected chi connectivity index (χ1v) is 8.76. The molecule has 1 aromatic rings. The quantitative estimate of drug-likeness (QED) is 0.418. The van der Waals surface area contributed by atoms with E-state index in [1.165, 1.54) is 61.6 Å². The van der Waals surface area contributed by atoms with Crippen molar-refractivity contribution in [2.75, 3.05) is 6.61 Å². The Balaban J connectivity index is 2.17. The van der Waals surface area contributed by atoms with Crippen LogP contribution in [0.2, 0.25) is 0 Å². The lowest BCUT2D eigenvalue weighted by Crippen LogP contribution is -2.36. The fraction of sp³-hybridized carbons (Fsp3) is 0.737. The van der Waals surface area contributed by atoms with Crippen LogP contribution in [0.5, 0.6) is 0 Å². The molecule has 0 aliphatic rings. The van der Waals surface area contributed by atoms with Gasteiger partial charge in [-0.3, -0.25) is 0 Å². The van der Waals surface area contributed by atoms with Gasteiger partial charge in [-0.05, 0) is 32.3 Å². The molecule has 0 saturated heterocycles. The lowest BCUT2D eigenvalue weighted by atomic mass is 10.1. The van der Waals surface area contributed by atoms with Gasteiger partial charge in [-0.15, -0.1) is 0 Å². The van der Waals surface area contributed by atoms with E-state index in [0.717, 1.165) is 13.0 Å². The molecule has 0 atom stereocenters. The van der Waals surface area contributed by atoms with Gasteiger partial charge in [0, 0.05) is 11.1 Å². The number of rotatable bonds is 11. The summed E-state index contributed by atoms with van der Waals surface area (Å²) in [4.78, 5) is 0. The summed E-state index contributed by atoms with van der Waals surface area (Å²) >= 11 is 0.